The predicted molar refractivity (Wildman–Crippen MR) is 40.2 cm³/mol. The minimum Gasteiger partial charge on any atom is -0.381 e. The summed E-state index contributed by atoms with van der Waals surface area (Å²) in [6.07, 6.45) is 1.11. The van der Waals surface area contributed by atoms with Crippen molar-refractivity contribution < 1.29 is 4.74 Å². The maximum Gasteiger partial charge on any atom is 0.0471 e. The van der Waals surface area contributed by atoms with Crippen LogP contribution in [0.15, 0.2) is 0 Å². The molecule has 1 heteroatoms. The highest BCUT2D eigenvalue weighted by atomic mass is 16.5. The van der Waals surface area contributed by atoms with E-state index in [-0.39, 0.29) is 0 Å². The van der Waals surface area contributed by atoms with Crippen molar-refractivity contribution in [1.82, 2.24) is 0 Å². The molecule has 0 heterocycles. The molecule has 0 saturated carbocycles. The third-order valence-corrected chi connectivity index (χ3v) is 1.14. The fraction of sp³-hybridized carbons (Fsp3) is 0.875. The zero-order valence-electron chi connectivity index (χ0n) is 6.74. The average Bonchev–Trinajstić information content (AvgIpc) is 1.63. The van der Waals surface area contributed by atoms with Crippen LogP contribution >= 0.6 is 0 Å². The molecule has 0 spiro atoms. The number of rotatable bonds is 3. The molecule has 0 N–H and O–H groups in total. The van der Waals surface area contributed by atoms with E-state index in [1.54, 1.807) is 0 Å². The van der Waals surface area contributed by atoms with Crippen LogP contribution < -0.4 is 0 Å². The van der Waals surface area contributed by atoms with Crippen molar-refractivity contribution in [2.24, 2.45) is 5.41 Å². The topological polar surface area (TPSA) is 9.23 Å². The van der Waals surface area contributed by atoms with Crippen molar-refractivity contribution in [1.29, 1.82) is 0 Å². The van der Waals surface area contributed by atoms with Gasteiger partial charge in [0.15, 0.2) is 0 Å². The predicted octanol–water partition coefficient (Wildman–Crippen LogP) is 2.27. The van der Waals surface area contributed by atoms with Crippen LogP contribution in [-0.2, 0) is 4.74 Å². The molecule has 0 aliphatic heterocycles. The van der Waals surface area contributed by atoms with Crippen LogP contribution in [0.25, 0.3) is 0 Å². The van der Waals surface area contributed by atoms with Crippen LogP contribution in [0.2, 0.25) is 0 Å². The quantitative estimate of drug-likeness (QED) is 0.531. The van der Waals surface area contributed by atoms with E-state index in [0.29, 0.717) is 12.0 Å². The van der Waals surface area contributed by atoms with Gasteiger partial charge < -0.3 is 4.74 Å². The molecule has 0 rings (SSSR count). The van der Waals surface area contributed by atoms with Gasteiger partial charge in [-0.15, -0.1) is 0 Å². The van der Waals surface area contributed by atoms with Crippen LogP contribution in [-0.4, -0.2) is 13.2 Å². The molecule has 0 aliphatic carbocycles. The Bertz CT molecular complexity index is 61.5. The van der Waals surface area contributed by atoms with E-state index in [1.807, 2.05) is 0 Å². The summed E-state index contributed by atoms with van der Waals surface area (Å²) >= 11 is 0. The van der Waals surface area contributed by atoms with E-state index in [0.717, 1.165) is 13.0 Å². The first-order valence-corrected chi connectivity index (χ1v) is 3.43. The molecule has 0 fully saturated rings. The summed E-state index contributed by atoms with van der Waals surface area (Å²) in [5, 5.41) is 0. The second-order valence-corrected chi connectivity index (χ2v) is 3.42. The normalized spacial score (nSPS) is 12.0. The van der Waals surface area contributed by atoms with Gasteiger partial charge in [-0.1, -0.05) is 20.8 Å². The maximum atomic E-state index is 5.10. The van der Waals surface area contributed by atoms with Gasteiger partial charge in [0.1, 0.15) is 0 Å². The lowest BCUT2D eigenvalue weighted by Crippen LogP contribution is -2.09. The Balaban J connectivity index is 3.07. The Labute approximate surface area is 58.4 Å². The van der Waals surface area contributed by atoms with Crippen LogP contribution in [0.5, 0.6) is 0 Å². The van der Waals surface area contributed by atoms with E-state index >= 15 is 0 Å². The van der Waals surface area contributed by atoms with Crippen LogP contribution in [0, 0.1) is 12.3 Å². The zero-order chi connectivity index (χ0) is 7.33. The third kappa shape index (κ3) is 7.96. The molecule has 0 saturated heterocycles. The standard InChI is InChI=1S/C8H17O/c1-5-9-7-6-8(2,3)4/h1,5-7H2,2-4H3. The van der Waals surface area contributed by atoms with Gasteiger partial charge in [0, 0.05) is 13.2 Å². The first-order chi connectivity index (χ1) is 4.06. The van der Waals surface area contributed by atoms with Gasteiger partial charge in [0.2, 0.25) is 0 Å². The highest BCUT2D eigenvalue weighted by Gasteiger charge is 2.08. The van der Waals surface area contributed by atoms with E-state index in [1.165, 1.54) is 0 Å². The molecule has 55 valence electrons. The van der Waals surface area contributed by atoms with Crippen LogP contribution in [0.4, 0.5) is 0 Å². The van der Waals surface area contributed by atoms with Crippen molar-refractivity contribution in [2.75, 3.05) is 13.2 Å². The summed E-state index contributed by atoms with van der Waals surface area (Å²) in [5.74, 6) is 0. The fourth-order valence-corrected chi connectivity index (χ4v) is 0.480. The molecule has 0 atom stereocenters. The molecular formula is C8H17O. The van der Waals surface area contributed by atoms with Gasteiger partial charge >= 0.3 is 0 Å². The third-order valence-electron chi connectivity index (χ3n) is 1.14. The van der Waals surface area contributed by atoms with Crippen molar-refractivity contribution in [3.63, 3.8) is 0 Å². The lowest BCUT2D eigenvalue weighted by atomic mass is 9.93. The molecule has 1 radical (unpaired) electrons. The van der Waals surface area contributed by atoms with E-state index in [4.69, 9.17) is 4.74 Å². The van der Waals surface area contributed by atoms with Crippen molar-refractivity contribution in [2.45, 2.75) is 27.2 Å². The first kappa shape index (κ1) is 8.96. The van der Waals surface area contributed by atoms with Gasteiger partial charge in [-0.2, -0.15) is 0 Å². The second kappa shape index (κ2) is 3.89. The second-order valence-electron chi connectivity index (χ2n) is 3.42. The van der Waals surface area contributed by atoms with Crippen molar-refractivity contribution >= 4 is 0 Å². The smallest absolute Gasteiger partial charge is 0.0471 e. The van der Waals surface area contributed by atoms with Crippen LogP contribution in [0.3, 0.4) is 0 Å². The minimum absolute atomic E-state index is 0.398. The fourth-order valence-electron chi connectivity index (χ4n) is 0.480. The average molecular weight is 129 g/mol. The Morgan fingerprint density at radius 2 is 1.89 bits per heavy atom. The molecule has 0 aromatic carbocycles. The molecule has 9 heavy (non-hydrogen) atoms. The zero-order valence-corrected chi connectivity index (χ0v) is 6.74. The van der Waals surface area contributed by atoms with Crippen LogP contribution in [0.1, 0.15) is 27.2 Å². The van der Waals surface area contributed by atoms with Gasteiger partial charge in [-0.3, -0.25) is 0 Å². The van der Waals surface area contributed by atoms with Crippen molar-refractivity contribution in [3.8, 4) is 0 Å². The van der Waals surface area contributed by atoms with E-state index in [2.05, 4.69) is 27.7 Å². The summed E-state index contributed by atoms with van der Waals surface area (Å²) in [6, 6.07) is 0. The summed E-state index contributed by atoms with van der Waals surface area (Å²) < 4.78 is 5.10. The largest absolute Gasteiger partial charge is 0.381 e. The Kier molecular flexibility index (Phi) is 3.87. The van der Waals surface area contributed by atoms with Gasteiger partial charge in [-0.25, -0.2) is 0 Å². The highest BCUT2D eigenvalue weighted by Crippen LogP contribution is 2.17. The highest BCUT2D eigenvalue weighted by molar-refractivity contribution is 4.59. The summed E-state index contributed by atoms with van der Waals surface area (Å²) in [4.78, 5) is 0. The molecule has 0 aliphatic rings. The molecule has 0 aromatic rings. The molecular weight excluding hydrogens is 112 g/mol. The first-order valence-electron chi connectivity index (χ1n) is 3.43. The van der Waals surface area contributed by atoms with E-state index < -0.39 is 0 Å². The molecule has 0 aromatic heterocycles. The molecule has 0 bridgehead atoms. The summed E-state index contributed by atoms with van der Waals surface area (Å²) in [6.45, 7) is 11.6. The molecule has 1 nitrogen and oxygen atoms in total. The Morgan fingerprint density at radius 1 is 1.33 bits per heavy atom. The lowest BCUT2D eigenvalue weighted by Gasteiger charge is -2.16. The SMILES string of the molecule is [CH2]COCCC(C)(C)C. The van der Waals surface area contributed by atoms with Crippen molar-refractivity contribution in [3.05, 3.63) is 6.92 Å². The van der Waals surface area contributed by atoms with Gasteiger partial charge in [0.05, 0.1) is 0 Å². The monoisotopic (exact) mass is 129 g/mol. The minimum atomic E-state index is 0.398. The summed E-state index contributed by atoms with van der Waals surface area (Å²) in [7, 11) is 0. The number of ether oxygens (including phenoxy) is 1. The maximum absolute atomic E-state index is 5.10. The summed E-state index contributed by atoms with van der Waals surface area (Å²) in [5.41, 5.74) is 0.398. The number of hydrogen-bond acceptors (Lipinski definition) is 1. The Hall–Kier alpha value is -0.0400. The van der Waals surface area contributed by atoms with E-state index in [9.17, 15) is 0 Å². The molecule has 0 amide bonds. The van der Waals surface area contributed by atoms with Gasteiger partial charge in [-0.05, 0) is 18.8 Å². The molecule has 0 unspecified atom stereocenters. The number of hydrogen-bond donors (Lipinski definition) is 0. The Morgan fingerprint density at radius 3 is 2.22 bits per heavy atom. The van der Waals surface area contributed by atoms with Gasteiger partial charge in [0.25, 0.3) is 0 Å². The lowest BCUT2D eigenvalue weighted by molar-refractivity contribution is 0.130.